The summed E-state index contributed by atoms with van der Waals surface area (Å²) in [5.74, 6) is 0.205. The molecular weight excluding hydrogens is 260 g/mol. The Balaban J connectivity index is 2.52. The Hall–Kier alpha value is -1.90. The summed E-state index contributed by atoms with van der Waals surface area (Å²) in [6.45, 7) is 10.4. The van der Waals surface area contributed by atoms with Gasteiger partial charge in [-0.25, -0.2) is 4.98 Å². The molecule has 21 heavy (non-hydrogen) atoms. The van der Waals surface area contributed by atoms with Crippen LogP contribution in [0, 0.1) is 27.7 Å². The van der Waals surface area contributed by atoms with Gasteiger partial charge in [0.25, 0.3) is 0 Å². The summed E-state index contributed by atoms with van der Waals surface area (Å²) in [5.41, 5.74) is 5.46. The molecule has 0 spiro atoms. The summed E-state index contributed by atoms with van der Waals surface area (Å²) >= 11 is 0. The van der Waals surface area contributed by atoms with E-state index in [0.717, 1.165) is 29.5 Å². The van der Waals surface area contributed by atoms with E-state index in [1.807, 2.05) is 24.6 Å². The maximum Gasteiger partial charge on any atom is 0.186 e. The molecule has 0 amide bonds. The van der Waals surface area contributed by atoms with E-state index in [1.165, 1.54) is 11.1 Å². The van der Waals surface area contributed by atoms with Crippen molar-refractivity contribution < 1.29 is 4.79 Å². The summed E-state index contributed by atoms with van der Waals surface area (Å²) in [6.07, 6.45) is 7.16. The van der Waals surface area contributed by atoms with Crippen LogP contribution in [-0.4, -0.2) is 15.3 Å². The molecule has 0 bridgehead atoms. The van der Waals surface area contributed by atoms with Gasteiger partial charge in [-0.05, 0) is 56.4 Å². The van der Waals surface area contributed by atoms with Crippen molar-refractivity contribution >= 4 is 5.78 Å². The van der Waals surface area contributed by atoms with Crippen molar-refractivity contribution in [2.75, 3.05) is 0 Å². The molecule has 0 saturated carbocycles. The summed E-state index contributed by atoms with van der Waals surface area (Å²) < 4.78 is 1.93. The molecule has 1 heterocycles. The van der Waals surface area contributed by atoms with Crippen LogP contribution in [0.3, 0.4) is 0 Å². The first-order valence-electron chi connectivity index (χ1n) is 7.56. The second kappa shape index (κ2) is 6.25. The van der Waals surface area contributed by atoms with Crippen LogP contribution < -0.4 is 0 Å². The van der Waals surface area contributed by atoms with Crippen LogP contribution in [0.4, 0.5) is 0 Å². The molecule has 0 radical (unpaired) electrons. The number of carbonyl (C=O) groups excluding carboxylic acids is 1. The van der Waals surface area contributed by atoms with Gasteiger partial charge < -0.3 is 4.57 Å². The lowest BCUT2D eigenvalue weighted by molar-refractivity contribution is 0.0917. The van der Waals surface area contributed by atoms with Gasteiger partial charge in [-0.15, -0.1) is 0 Å². The maximum absolute atomic E-state index is 13.1. The Morgan fingerprint density at radius 1 is 1.19 bits per heavy atom. The molecular formula is C18H24N2O. The van der Waals surface area contributed by atoms with E-state index in [4.69, 9.17) is 0 Å². The van der Waals surface area contributed by atoms with Gasteiger partial charge in [0.2, 0.25) is 0 Å². The van der Waals surface area contributed by atoms with Crippen LogP contribution in [0.25, 0.3) is 0 Å². The Bertz CT molecular complexity index is 615. The highest BCUT2D eigenvalue weighted by atomic mass is 16.1. The molecule has 2 aromatic rings. The van der Waals surface area contributed by atoms with Gasteiger partial charge in [-0.1, -0.05) is 19.4 Å². The molecule has 3 heteroatoms. The number of imidazole rings is 1. The molecule has 3 nitrogen and oxygen atoms in total. The van der Waals surface area contributed by atoms with Gasteiger partial charge in [0.15, 0.2) is 5.78 Å². The Kier molecular flexibility index (Phi) is 4.61. The molecule has 1 aromatic heterocycles. The summed E-state index contributed by atoms with van der Waals surface area (Å²) in [7, 11) is 0. The number of hydrogen-bond donors (Lipinski definition) is 0. The predicted molar refractivity (Wildman–Crippen MR) is 85.9 cm³/mol. The molecule has 2 rings (SSSR count). The van der Waals surface area contributed by atoms with Crippen LogP contribution in [0.5, 0.6) is 0 Å². The van der Waals surface area contributed by atoms with Crippen molar-refractivity contribution in [3.05, 3.63) is 52.6 Å². The molecule has 1 aromatic carbocycles. The number of hydrogen-bond acceptors (Lipinski definition) is 2. The van der Waals surface area contributed by atoms with Gasteiger partial charge in [0, 0.05) is 18.0 Å². The molecule has 0 aliphatic heterocycles. The fraction of sp³-hybridized carbons (Fsp3) is 0.444. The van der Waals surface area contributed by atoms with Crippen molar-refractivity contribution in [1.82, 2.24) is 9.55 Å². The van der Waals surface area contributed by atoms with E-state index in [1.54, 1.807) is 12.5 Å². The fourth-order valence-electron chi connectivity index (χ4n) is 2.90. The first-order valence-corrected chi connectivity index (χ1v) is 7.56. The van der Waals surface area contributed by atoms with E-state index < -0.39 is 0 Å². The Morgan fingerprint density at radius 3 is 2.29 bits per heavy atom. The van der Waals surface area contributed by atoms with Crippen LogP contribution in [0.1, 0.15) is 58.4 Å². The van der Waals surface area contributed by atoms with Crippen molar-refractivity contribution in [3.8, 4) is 0 Å². The minimum Gasteiger partial charge on any atom is -0.327 e. The van der Waals surface area contributed by atoms with Gasteiger partial charge in [0.1, 0.15) is 0 Å². The number of aromatic nitrogens is 2. The average molecular weight is 284 g/mol. The zero-order valence-corrected chi connectivity index (χ0v) is 13.6. The second-order valence-electron chi connectivity index (χ2n) is 5.81. The third-order valence-corrected chi connectivity index (χ3v) is 4.36. The topological polar surface area (TPSA) is 34.9 Å². The lowest BCUT2D eigenvalue weighted by Gasteiger charge is -2.21. The van der Waals surface area contributed by atoms with Crippen LogP contribution in [-0.2, 0) is 0 Å². The lowest BCUT2D eigenvalue weighted by Crippen LogP contribution is -2.21. The smallest absolute Gasteiger partial charge is 0.186 e. The number of Topliss-reactive ketones (excluding diaryl/α,β-unsaturated/α-hetero) is 1. The van der Waals surface area contributed by atoms with Crippen molar-refractivity contribution in [1.29, 1.82) is 0 Å². The summed E-state index contributed by atoms with van der Waals surface area (Å²) in [5, 5.41) is 0. The average Bonchev–Trinajstić information content (AvgIpc) is 2.96. The van der Waals surface area contributed by atoms with Gasteiger partial charge in [0.05, 0.1) is 12.4 Å². The molecule has 0 saturated heterocycles. The molecule has 0 aliphatic carbocycles. The molecule has 0 N–H and O–H groups in total. The first-order chi connectivity index (χ1) is 9.97. The number of aryl methyl sites for hydroxylation is 2. The minimum atomic E-state index is -0.156. The highest BCUT2D eigenvalue weighted by Gasteiger charge is 2.24. The monoisotopic (exact) mass is 284 g/mol. The van der Waals surface area contributed by atoms with Gasteiger partial charge in [-0.2, -0.15) is 0 Å². The van der Waals surface area contributed by atoms with Crippen LogP contribution in [0.15, 0.2) is 24.8 Å². The largest absolute Gasteiger partial charge is 0.327 e. The maximum atomic E-state index is 13.1. The minimum absolute atomic E-state index is 0.156. The highest BCUT2D eigenvalue weighted by molar-refractivity contribution is 6.02. The van der Waals surface area contributed by atoms with E-state index in [0.29, 0.717) is 0 Å². The third kappa shape index (κ3) is 2.92. The van der Waals surface area contributed by atoms with Crippen molar-refractivity contribution in [3.63, 3.8) is 0 Å². The zero-order valence-electron chi connectivity index (χ0n) is 13.6. The number of carbonyl (C=O) groups is 1. The molecule has 0 fully saturated rings. The first kappa shape index (κ1) is 15.5. The Morgan fingerprint density at radius 2 is 1.81 bits per heavy atom. The summed E-state index contributed by atoms with van der Waals surface area (Å²) in [6, 6.07) is 2.00. The molecule has 1 unspecified atom stereocenters. The van der Waals surface area contributed by atoms with Crippen LogP contribution in [0.2, 0.25) is 0 Å². The van der Waals surface area contributed by atoms with E-state index >= 15 is 0 Å². The molecule has 1 atom stereocenters. The Labute approximate surface area is 127 Å². The predicted octanol–water partition coefficient (Wildman–Crippen LogP) is 4.34. The normalized spacial score (nSPS) is 12.4. The molecule has 112 valence electrons. The third-order valence-electron chi connectivity index (χ3n) is 4.36. The lowest BCUT2D eigenvalue weighted by atomic mass is 9.88. The number of ketones is 1. The zero-order chi connectivity index (χ0) is 15.6. The van der Waals surface area contributed by atoms with Crippen molar-refractivity contribution in [2.24, 2.45) is 0 Å². The van der Waals surface area contributed by atoms with Crippen LogP contribution >= 0.6 is 0 Å². The van der Waals surface area contributed by atoms with E-state index in [-0.39, 0.29) is 11.8 Å². The van der Waals surface area contributed by atoms with E-state index in [2.05, 4.69) is 31.8 Å². The van der Waals surface area contributed by atoms with E-state index in [9.17, 15) is 4.79 Å². The highest BCUT2D eigenvalue weighted by Crippen LogP contribution is 2.27. The fourth-order valence-corrected chi connectivity index (χ4v) is 2.90. The quantitative estimate of drug-likeness (QED) is 0.765. The van der Waals surface area contributed by atoms with Gasteiger partial charge in [-0.3, -0.25) is 4.79 Å². The van der Waals surface area contributed by atoms with Crippen molar-refractivity contribution in [2.45, 2.75) is 53.5 Å². The standard InChI is InChI=1S/C18H24N2O/c1-6-7-16(20-9-8-19-11-20)18(21)17-14(4)12(2)10-13(3)15(17)5/h8-11,16H,6-7H2,1-5H3. The molecule has 0 aliphatic rings. The number of benzene rings is 1. The second-order valence-corrected chi connectivity index (χ2v) is 5.81. The summed E-state index contributed by atoms with van der Waals surface area (Å²) in [4.78, 5) is 17.2. The van der Waals surface area contributed by atoms with Gasteiger partial charge >= 0.3 is 0 Å². The number of rotatable bonds is 5. The SMILES string of the molecule is CCCC(C(=O)c1c(C)c(C)cc(C)c1C)n1ccnc1. The number of nitrogens with zero attached hydrogens (tertiary/aromatic N) is 2.